The molecule has 1 heterocycles. The molecule has 0 saturated carbocycles. The van der Waals surface area contributed by atoms with Crippen molar-refractivity contribution >= 4 is 16.5 Å². The van der Waals surface area contributed by atoms with Crippen LogP contribution in [0.4, 0.5) is 0 Å². The Hall–Kier alpha value is -0.536. The van der Waals surface area contributed by atoms with Gasteiger partial charge in [-0.3, -0.25) is 9.88 Å². The normalized spacial score (nSPS) is 14.0. The van der Waals surface area contributed by atoms with E-state index in [2.05, 4.69) is 99.7 Å². The first-order valence-corrected chi connectivity index (χ1v) is 16.8. The van der Waals surface area contributed by atoms with E-state index in [4.69, 9.17) is 0 Å². The van der Waals surface area contributed by atoms with Gasteiger partial charge in [-0.2, -0.15) is 0 Å². The van der Waals surface area contributed by atoms with Gasteiger partial charge in [0.15, 0.2) is 0 Å². The van der Waals surface area contributed by atoms with Gasteiger partial charge in [-0.1, -0.05) is 73.8 Å². The molecule has 162 valence electrons. The highest BCUT2D eigenvalue weighted by Crippen LogP contribution is 2.34. The Labute approximate surface area is 177 Å². The van der Waals surface area contributed by atoms with Crippen molar-refractivity contribution in [1.82, 2.24) is 19.8 Å². The Kier molecular flexibility index (Phi) is 9.09. The molecule has 4 nitrogen and oxygen atoms in total. The summed E-state index contributed by atoms with van der Waals surface area (Å²) in [6, 6.07) is 6.21. The number of aromatic nitrogens is 1. The summed E-state index contributed by atoms with van der Waals surface area (Å²) in [5.74, 6) is 0. The molecule has 0 saturated heterocycles. The summed E-state index contributed by atoms with van der Waals surface area (Å²) >= 11 is 0. The maximum absolute atomic E-state index is 4.55. The lowest BCUT2D eigenvalue weighted by Crippen LogP contribution is -2.55. The van der Waals surface area contributed by atoms with Crippen LogP contribution in [0.1, 0.15) is 47.2 Å². The van der Waals surface area contributed by atoms with Crippen molar-refractivity contribution in [3.05, 3.63) is 30.1 Å². The second-order valence-corrected chi connectivity index (χ2v) is 21.4. The molecule has 0 unspecified atom stereocenters. The number of nitrogens with one attached hydrogen (secondary N) is 2. The molecule has 0 radical (unpaired) electrons. The third kappa shape index (κ3) is 8.07. The fourth-order valence-corrected chi connectivity index (χ4v) is 5.11. The van der Waals surface area contributed by atoms with Gasteiger partial charge in [0.25, 0.3) is 0 Å². The van der Waals surface area contributed by atoms with E-state index >= 15 is 0 Å². The molecule has 1 rings (SSSR count). The number of hydrogen-bond acceptors (Lipinski definition) is 4. The second kappa shape index (κ2) is 9.98. The van der Waals surface area contributed by atoms with Crippen molar-refractivity contribution in [2.45, 2.75) is 84.4 Å². The topological polar surface area (TPSA) is 40.2 Å². The zero-order chi connectivity index (χ0) is 21.6. The Morgan fingerprint density at radius 2 is 1.29 bits per heavy atom. The number of rotatable bonds is 10. The van der Waals surface area contributed by atoms with Crippen LogP contribution in [0.3, 0.4) is 0 Å². The SMILES string of the molecule is CC(C)(C)[Si](C)(C)NCCN(CCN[Si](C)(C)C(C)(C)C)Cc1ccccn1. The molecule has 0 bridgehead atoms. The van der Waals surface area contributed by atoms with E-state index in [-0.39, 0.29) is 0 Å². The van der Waals surface area contributed by atoms with Crippen LogP contribution in [-0.2, 0) is 6.54 Å². The smallest absolute Gasteiger partial charge is 0.124 e. The van der Waals surface area contributed by atoms with Crippen molar-refractivity contribution in [3.63, 3.8) is 0 Å². The Morgan fingerprint density at radius 3 is 1.64 bits per heavy atom. The van der Waals surface area contributed by atoms with E-state index in [1.165, 1.54) is 0 Å². The summed E-state index contributed by atoms with van der Waals surface area (Å²) in [7, 11) is -2.90. The van der Waals surface area contributed by atoms with E-state index in [1.807, 2.05) is 12.3 Å². The minimum absolute atomic E-state index is 0.364. The summed E-state index contributed by atoms with van der Waals surface area (Å²) in [5, 5.41) is 0.728. The molecule has 0 aromatic carbocycles. The van der Waals surface area contributed by atoms with Crippen LogP contribution in [-0.4, -0.2) is 52.5 Å². The lowest BCUT2D eigenvalue weighted by molar-refractivity contribution is 0.270. The Balaban J connectivity index is 2.67. The fraction of sp³-hybridized carbons (Fsp3) is 0.773. The van der Waals surface area contributed by atoms with Gasteiger partial charge < -0.3 is 9.96 Å². The fourth-order valence-electron chi connectivity index (χ4n) is 2.57. The summed E-state index contributed by atoms with van der Waals surface area (Å²) in [4.78, 5) is 14.9. The van der Waals surface area contributed by atoms with Crippen LogP contribution in [0.15, 0.2) is 24.4 Å². The molecule has 0 fully saturated rings. The molecule has 0 aliphatic heterocycles. The van der Waals surface area contributed by atoms with Gasteiger partial charge in [-0.05, 0) is 22.2 Å². The highest BCUT2D eigenvalue weighted by molar-refractivity contribution is 6.78. The number of pyridine rings is 1. The number of hydrogen-bond donors (Lipinski definition) is 2. The van der Waals surface area contributed by atoms with Gasteiger partial charge in [0.2, 0.25) is 0 Å². The van der Waals surface area contributed by atoms with E-state index in [9.17, 15) is 0 Å². The molecule has 2 N–H and O–H groups in total. The highest BCUT2D eigenvalue weighted by Gasteiger charge is 2.35. The third-order valence-corrected chi connectivity index (χ3v) is 16.6. The van der Waals surface area contributed by atoms with Crippen LogP contribution in [0, 0.1) is 0 Å². The first-order valence-electron chi connectivity index (χ1n) is 10.8. The van der Waals surface area contributed by atoms with E-state index in [0.717, 1.165) is 38.4 Å². The molecule has 0 atom stereocenters. The van der Waals surface area contributed by atoms with Gasteiger partial charge in [0.05, 0.1) is 5.69 Å². The largest absolute Gasteiger partial charge is 0.336 e. The molecular formula is C22H46N4Si2. The zero-order valence-electron chi connectivity index (χ0n) is 20.2. The highest BCUT2D eigenvalue weighted by atomic mass is 28.3. The number of nitrogens with zero attached hydrogens (tertiary/aromatic N) is 2. The quantitative estimate of drug-likeness (QED) is 0.516. The lowest BCUT2D eigenvalue weighted by Gasteiger charge is -2.39. The van der Waals surface area contributed by atoms with Gasteiger partial charge in [-0.25, -0.2) is 0 Å². The van der Waals surface area contributed by atoms with Gasteiger partial charge >= 0.3 is 0 Å². The first kappa shape index (κ1) is 25.5. The van der Waals surface area contributed by atoms with Crippen molar-refractivity contribution in [2.24, 2.45) is 0 Å². The molecule has 0 aliphatic rings. The standard InChI is InChI=1S/C22H46N4Si2/c1-21(2,3)27(7,8)24-15-17-26(19-20-13-11-12-14-23-20)18-16-25-28(9,10)22(4,5)6/h11-14,24-25H,15-19H2,1-10H3. The van der Waals surface area contributed by atoms with Gasteiger partial charge in [0, 0.05) is 38.9 Å². The van der Waals surface area contributed by atoms with Gasteiger partial charge in [0.1, 0.15) is 16.5 Å². The van der Waals surface area contributed by atoms with E-state index in [0.29, 0.717) is 10.1 Å². The average molecular weight is 423 g/mol. The molecule has 0 aliphatic carbocycles. The summed E-state index contributed by atoms with van der Waals surface area (Å²) in [5.41, 5.74) is 1.15. The summed E-state index contributed by atoms with van der Waals surface area (Å²) in [6.45, 7) is 29.1. The molecule has 28 heavy (non-hydrogen) atoms. The maximum Gasteiger partial charge on any atom is 0.124 e. The van der Waals surface area contributed by atoms with Crippen LogP contribution < -0.4 is 9.96 Å². The first-order chi connectivity index (χ1) is 12.7. The lowest BCUT2D eigenvalue weighted by atomic mass is 10.2. The summed E-state index contributed by atoms with van der Waals surface area (Å²) < 4.78 is 0. The minimum atomic E-state index is -1.45. The molecule has 0 spiro atoms. The minimum Gasteiger partial charge on any atom is -0.336 e. The molecule has 1 aromatic heterocycles. The Morgan fingerprint density at radius 1 is 0.821 bits per heavy atom. The van der Waals surface area contributed by atoms with Crippen LogP contribution in [0.25, 0.3) is 0 Å². The maximum atomic E-state index is 4.55. The van der Waals surface area contributed by atoms with E-state index < -0.39 is 16.5 Å². The monoisotopic (exact) mass is 422 g/mol. The predicted molar refractivity (Wildman–Crippen MR) is 130 cm³/mol. The Bertz CT molecular complexity index is 542. The van der Waals surface area contributed by atoms with Crippen LogP contribution in [0.2, 0.25) is 36.3 Å². The predicted octanol–water partition coefficient (Wildman–Crippen LogP) is 5.07. The molecule has 1 aromatic rings. The van der Waals surface area contributed by atoms with Crippen molar-refractivity contribution in [1.29, 1.82) is 0 Å². The zero-order valence-corrected chi connectivity index (χ0v) is 22.2. The van der Waals surface area contributed by atoms with Crippen LogP contribution >= 0.6 is 0 Å². The summed E-state index contributed by atoms with van der Waals surface area (Å²) in [6.07, 6.45) is 1.90. The van der Waals surface area contributed by atoms with Gasteiger partial charge in [-0.15, -0.1) is 0 Å². The second-order valence-electron chi connectivity index (χ2n) is 11.2. The van der Waals surface area contributed by atoms with E-state index in [1.54, 1.807) is 0 Å². The van der Waals surface area contributed by atoms with Crippen molar-refractivity contribution in [2.75, 3.05) is 26.2 Å². The van der Waals surface area contributed by atoms with Crippen molar-refractivity contribution in [3.8, 4) is 0 Å². The van der Waals surface area contributed by atoms with Crippen LogP contribution in [0.5, 0.6) is 0 Å². The molecular weight excluding hydrogens is 376 g/mol. The third-order valence-electron chi connectivity index (χ3n) is 6.85. The average Bonchev–Trinajstić information content (AvgIpc) is 2.53. The molecule has 6 heteroatoms. The van der Waals surface area contributed by atoms with Crippen molar-refractivity contribution < 1.29 is 0 Å². The molecule has 0 amide bonds.